The minimum absolute atomic E-state index is 0.113. The maximum Gasteiger partial charge on any atom is 0.302 e. The molecule has 0 fully saturated rings. The molecule has 8 heteroatoms. The predicted molar refractivity (Wildman–Crippen MR) is 114 cm³/mol. The van der Waals surface area contributed by atoms with E-state index >= 15 is 0 Å². The van der Waals surface area contributed by atoms with Crippen LogP contribution in [0.3, 0.4) is 0 Å². The van der Waals surface area contributed by atoms with Gasteiger partial charge >= 0.3 is 5.97 Å². The molecule has 0 N–H and O–H groups in total. The Hall–Kier alpha value is -2.89. The zero-order chi connectivity index (χ0) is 22.3. The molecule has 0 unspecified atom stereocenters. The molecule has 2 aromatic rings. The van der Waals surface area contributed by atoms with Crippen LogP contribution >= 0.6 is 0 Å². The summed E-state index contributed by atoms with van der Waals surface area (Å²) in [6.45, 7) is 1.12. The molecule has 0 saturated carbocycles. The highest BCUT2D eigenvalue weighted by Crippen LogP contribution is 2.41. The average molecular weight is 447 g/mol. The monoisotopic (exact) mass is 446 g/mol. The van der Waals surface area contributed by atoms with Gasteiger partial charge in [-0.15, -0.1) is 12.3 Å². The maximum atomic E-state index is 13.6. The Morgan fingerprint density at radius 2 is 1.40 bits per heavy atom. The van der Waals surface area contributed by atoms with Crippen LogP contribution in [-0.4, -0.2) is 33.5 Å². The first-order valence-electron chi connectivity index (χ1n) is 9.00. The highest BCUT2D eigenvalue weighted by Gasteiger charge is 2.54. The first-order valence-corrected chi connectivity index (χ1v) is 12.0. The van der Waals surface area contributed by atoms with E-state index in [4.69, 9.17) is 11.2 Å². The topological polar surface area (TPSA) is 94.6 Å². The molecule has 0 spiro atoms. The summed E-state index contributed by atoms with van der Waals surface area (Å²) in [5, 5.41) is 0. The number of ether oxygens (including phenoxy) is 1. The molecule has 0 atom stereocenters. The summed E-state index contributed by atoms with van der Waals surface area (Å²) in [5.74, 6) is 1.73. The fraction of sp³-hybridized carbons (Fsp3) is 0.227. The van der Waals surface area contributed by atoms with E-state index in [0.29, 0.717) is 0 Å². The molecule has 0 radical (unpaired) electrons. The van der Waals surface area contributed by atoms with Crippen molar-refractivity contribution >= 4 is 25.6 Å². The van der Waals surface area contributed by atoms with Crippen LogP contribution in [0.1, 0.15) is 19.8 Å². The van der Waals surface area contributed by atoms with Gasteiger partial charge in [-0.1, -0.05) is 48.6 Å². The van der Waals surface area contributed by atoms with Crippen molar-refractivity contribution in [1.82, 2.24) is 0 Å². The second-order valence-electron chi connectivity index (χ2n) is 6.40. The zero-order valence-electron chi connectivity index (χ0n) is 16.4. The fourth-order valence-corrected chi connectivity index (χ4v) is 7.71. The van der Waals surface area contributed by atoms with Crippen LogP contribution in [0.2, 0.25) is 0 Å². The Balaban J connectivity index is 2.69. The lowest BCUT2D eigenvalue weighted by Crippen LogP contribution is -2.46. The molecule has 0 bridgehead atoms. The Morgan fingerprint density at radius 1 is 0.933 bits per heavy atom. The summed E-state index contributed by atoms with van der Waals surface area (Å²) in [6, 6.07) is 14.7. The lowest BCUT2D eigenvalue weighted by atomic mass is 10.2. The first kappa shape index (κ1) is 23.4. The van der Waals surface area contributed by atoms with Crippen molar-refractivity contribution < 1.29 is 26.4 Å². The van der Waals surface area contributed by atoms with Gasteiger partial charge in [0, 0.05) is 19.8 Å². The molecule has 158 valence electrons. The Morgan fingerprint density at radius 3 is 1.80 bits per heavy atom. The molecular formula is C22H22O6S2. The second-order valence-corrected chi connectivity index (χ2v) is 11.2. The molecule has 30 heavy (non-hydrogen) atoms. The van der Waals surface area contributed by atoms with Crippen LogP contribution in [0.15, 0.2) is 82.6 Å². The third-order valence-corrected chi connectivity index (χ3v) is 10.1. The molecule has 0 aliphatic carbocycles. The molecule has 0 aliphatic rings. The Labute approximate surface area is 177 Å². The number of hydrogen-bond acceptors (Lipinski definition) is 6. The summed E-state index contributed by atoms with van der Waals surface area (Å²) in [4.78, 5) is 10.6. The SMILES string of the molecule is C#CCC(C/C=C\COC(C)=O)(S(=O)(=O)c1ccccc1)S(=O)(=O)c1ccccc1. The van der Waals surface area contributed by atoms with Gasteiger partial charge in [0.2, 0.25) is 0 Å². The van der Waals surface area contributed by atoms with Crippen LogP contribution in [0.4, 0.5) is 0 Å². The van der Waals surface area contributed by atoms with E-state index in [1.54, 1.807) is 12.1 Å². The molecule has 0 aliphatic heterocycles. The maximum absolute atomic E-state index is 13.6. The third kappa shape index (κ3) is 4.64. The molecule has 0 saturated heterocycles. The number of allylic oxidation sites excluding steroid dienone is 1. The van der Waals surface area contributed by atoms with Crippen LogP contribution in [0.25, 0.3) is 0 Å². The van der Waals surface area contributed by atoms with E-state index in [2.05, 4.69) is 5.92 Å². The van der Waals surface area contributed by atoms with Gasteiger partial charge in [-0.3, -0.25) is 4.79 Å². The highest BCUT2D eigenvalue weighted by atomic mass is 32.3. The molecule has 0 heterocycles. The lowest BCUT2D eigenvalue weighted by Gasteiger charge is -2.30. The van der Waals surface area contributed by atoms with Gasteiger partial charge < -0.3 is 4.74 Å². The third-order valence-electron chi connectivity index (χ3n) is 4.44. The minimum atomic E-state index is -4.42. The fourth-order valence-electron chi connectivity index (χ4n) is 2.91. The van der Waals surface area contributed by atoms with Crippen LogP contribution in [0, 0.1) is 12.3 Å². The summed E-state index contributed by atoms with van der Waals surface area (Å²) < 4.78 is 57.0. The number of esters is 1. The predicted octanol–water partition coefficient (Wildman–Crippen LogP) is 3.16. The van der Waals surface area contributed by atoms with Gasteiger partial charge in [0.15, 0.2) is 23.8 Å². The van der Waals surface area contributed by atoms with Gasteiger partial charge in [0.05, 0.1) is 9.79 Å². The summed E-state index contributed by atoms with van der Waals surface area (Å²) in [5.41, 5.74) is 0. The highest BCUT2D eigenvalue weighted by molar-refractivity contribution is 8.10. The Bertz CT molecular complexity index is 1070. The number of carbonyl (C=O) groups excluding carboxylic acids is 1. The van der Waals surface area contributed by atoms with Gasteiger partial charge in [0.1, 0.15) is 6.61 Å². The summed E-state index contributed by atoms with van der Waals surface area (Å²) in [6.07, 6.45) is 7.25. The first-order chi connectivity index (χ1) is 14.2. The number of sulfone groups is 2. The number of rotatable bonds is 9. The summed E-state index contributed by atoms with van der Waals surface area (Å²) in [7, 11) is -8.85. The van der Waals surface area contributed by atoms with Crippen molar-refractivity contribution in [1.29, 1.82) is 0 Å². The smallest absolute Gasteiger partial charge is 0.302 e. The molecular weight excluding hydrogens is 424 g/mol. The van der Waals surface area contributed by atoms with Gasteiger partial charge in [-0.2, -0.15) is 0 Å². The number of terminal acetylenes is 1. The normalized spacial score (nSPS) is 12.4. The van der Waals surface area contributed by atoms with E-state index in [1.165, 1.54) is 67.6 Å². The lowest BCUT2D eigenvalue weighted by molar-refractivity contribution is -0.139. The van der Waals surface area contributed by atoms with E-state index in [0.717, 1.165) is 0 Å². The average Bonchev–Trinajstić information content (AvgIpc) is 2.73. The molecule has 2 aromatic carbocycles. The van der Waals surface area contributed by atoms with E-state index in [9.17, 15) is 21.6 Å². The molecule has 6 nitrogen and oxygen atoms in total. The quantitative estimate of drug-likeness (QED) is 0.334. The van der Waals surface area contributed by atoms with Crippen LogP contribution in [0.5, 0.6) is 0 Å². The molecule has 0 aromatic heterocycles. The van der Waals surface area contributed by atoms with Crippen molar-refractivity contribution in [3.8, 4) is 12.3 Å². The van der Waals surface area contributed by atoms with E-state index in [1.807, 2.05) is 0 Å². The van der Waals surface area contributed by atoms with Crippen molar-refractivity contribution in [2.24, 2.45) is 0 Å². The minimum Gasteiger partial charge on any atom is -0.462 e. The van der Waals surface area contributed by atoms with Gasteiger partial charge in [-0.25, -0.2) is 16.8 Å². The molecule has 0 amide bonds. The van der Waals surface area contributed by atoms with Crippen molar-refractivity contribution in [3.05, 3.63) is 72.8 Å². The van der Waals surface area contributed by atoms with Crippen molar-refractivity contribution in [2.75, 3.05) is 6.61 Å². The van der Waals surface area contributed by atoms with E-state index < -0.39 is 42.6 Å². The van der Waals surface area contributed by atoms with Gasteiger partial charge in [0.25, 0.3) is 0 Å². The van der Waals surface area contributed by atoms with Crippen molar-refractivity contribution in [2.45, 2.75) is 33.6 Å². The second kappa shape index (κ2) is 9.74. The zero-order valence-corrected chi connectivity index (χ0v) is 18.0. The largest absolute Gasteiger partial charge is 0.462 e. The van der Waals surface area contributed by atoms with E-state index in [-0.39, 0.29) is 16.4 Å². The number of hydrogen-bond donors (Lipinski definition) is 0. The summed E-state index contributed by atoms with van der Waals surface area (Å²) >= 11 is 0. The number of benzene rings is 2. The van der Waals surface area contributed by atoms with Crippen LogP contribution < -0.4 is 0 Å². The van der Waals surface area contributed by atoms with Gasteiger partial charge in [-0.05, 0) is 24.3 Å². The standard InChI is InChI=1S/C22H22O6S2/c1-3-16-22(17-10-11-18-28-19(2)23,29(24,25)20-12-6-4-7-13-20)30(26,27)21-14-8-5-9-15-21/h1,4-15H,16-18H2,2H3/b11-10-. The van der Waals surface area contributed by atoms with Crippen molar-refractivity contribution in [3.63, 3.8) is 0 Å². The van der Waals surface area contributed by atoms with Crippen LogP contribution in [-0.2, 0) is 29.2 Å². The number of carbonyl (C=O) groups is 1. The molecule has 2 rings (SSSR count). The Kier molecular flexibility index (Phi) is 7.59.